The summed E-state index contributed by atoms with van der Waals surface area (Å²) in [6, 6.07) is 6.23. The highest BCUT2D eigenvalue weighted by atomic mass is 35.5. The molecule has 0 aliphatic heterocycles. The highest BCUT2D eigenvalue weighted by Gasteiger charge is 2.22. The van der Waals surface area contributed by atoms with Gasteiger partial charge in [0.1, 0.15) is 6.04 Å². The Balaban J connectivity index is 2.53. The zero-order chi connectivity index (χ0) is 18.1. The molecule has 0 aliphatic rings. The number of benzene rings is 1. The molecule has 1 aromatic carbocycles. The number of carbonyl (C=O) groups excluding carboxylic acids is 2. The van der Waals surface area contributed by atoms with Crippen LogP contribution in [0.1, 0.15) is 19.4 Å². The van der Waals surface area contributed by atoms with Crippen molar-refractivity contribution >= 4 is 29.4 Å². The molecule has 0 aromatic heterocycles. The van der Waals surface area contributed by atoms with E-state index in [1.807, 2.05) is 0 Å². The lowest BCUT2D eigenvalue weighted by Gasteiger charge is -2.25. The van der Waals surface area contributed by atoms with Crippen molar-refractivity contribution in [3.05, 3.63) is 34.9 Å². The van der Waals surface area contributed by atoms with Gasteiger partial charge in [-0.05, 0) is 24.6 Å². The van der Waals surface area contributed by atoms with Crippen molar-refractivity contribution in [2.24, 2.45) is 0 Å². The average Bonchev–Trinajstić information content (AvgIpc) is 2.52. The van der Waals surface area contributed by atoms with Gasteiger partial charge >= 0.3 is 5.97 Å². The minimum atomic E-state index is -1.02. The lowest BCUT2D eigenvalue weighted by Crippen LogP contribution is -2.47. The summed E-state index contributed by atoms with van der Waals surface area (Å²) in [6.45, 7) is 3.68. The first-order valence-electron chi connectivity index (χ1n) is 7.52. The van der Waals surface area contributed by atoms with Crippen molar-refractivity contribution in [3.8, 4) is 0 Å². The van der Waals surface area contributed by atoms with E-state index in [0.717, 1.165) is 5.56 Å². The third-order valence-electron chi connectivity index (χ3n) is 3.43. The monoisotopic (exact) mass is 355 g/mol. The van der Waals surface area contributed by atoms with Crippen LogP contribution in [-0.2, 0) is 20.9 Å². The molecule has 0 fully saturated rings. The predicted octanol–water partition coefficient (Wildman–Crippen LogP) is 0.867. The fourth-order valence-electron chi connectivity index (χ4n) is 1.98. The van der Waals surface area contributed by atoms with Gasteiger partial charge in [0.15, 0.2) is 0 Å². The molecule has 1 aromatic rings. The third kappa shape index (κ3) is 7.43. The van der Waals surface area contributed by atoms with Crippen molar-refractivity contribution < 1.29 is 19.5 Å². The van der Waals surface area contributed by atoms with Gasteiger partial charge in [0.25, 0.3) is 0 Å². The molecule has 24 heavy (non-hydrogen) atoms. The molecule has 1 atom stereocenters. The van der Waals surface area contributed by atoms with E-state index in [4.69, 9.17) is 16.7 Å². The molecule has 0 saturated heterocycles. The highest BCUT2D eigenvalue weighted by Crippen LogP contribution is 2.09. The normalized spacial score (nSPS) is 11.8. The van der Waals surface area contributed by atoms with Crippen molar-refractivity contribution in [1.29, 1.82) is 0 Å². The number of amides is 2. The number of rotatable bonds is 9. The average molecular weight is 356 g/mol. The number of carboxylic acid groups (broad SMARTS) is 1. The van der Waals surface area contributed by atoms with Gasteiger partial charge in [-0.1, -0.05) is 23.7 Å². The van der Waals surface area contributed by atoms with Gasteiger partial charge in [-0.25, -0.2) is 0 Å². The van der Waals surface area contributed by atoms with Gasteiger partial charge in [-0.3, -0.25) is 19.3 Å². The topological polar surface area (TPSA) is 98.7 Å². The highest BCUT2D eigenvalue weighted by molar-refractivity contribution is 6.30. The second-order valence-electron chi connectivity index (χ2n) is 5.37. The number of nitrogens with zero attached hydrogens (tertiary/aromatic N) is 1. The Morgan fingerprint density at radius 1 is 1.21 bits per heavy atom. The summed E-state index contributed by atoms with van der Waals surface area (Å²) in [7, 11) is 0. The number of carbonyl (C=O) groups is 3. The quantitative estimate of drug-likeness (QED) is 0.610. The summed E-state index contributed by atoms with van der Waals surface area (Å²) in [6.07, 6.45) is 0. The van der Waals surface area contributed by atoms with Gasteiger partial charge in [0.2, 0.25) is 11.8 Å². The molecule has 132 valence electrons. The third-order valence-corrected chi connectivity index (χ3v) is 3.68. The molecule has 2 amide bonds. The summed E-state index contributed by atoms with van der Waals surface area (Å²) >= 11 is 5.80. The van der Waals surface area contributed by atoms with Gasteiger partial charge < -0.3 is 15.7 Å². The van der Waals surface area contributed by atoms with Crippen LogP contribution in [0.2, 0.25) is 5.02 Å². The van der Waals surface area contributed by atoms with E-state index in [-0.39, 0.29) is 31.4 Å². The fourth-order valence-corrected chi connectivity index (χ4v) is 2.11. The fraction of sp³-hybridized carbons (Fsp3) is 0.438. The van der Waals surface area contributed by atoms with Crippen LogP contribution in [0.25, 0.3) is 0 Å². The van der Waals surface area contributed by atoms with E-state index in [2.05, 4.69) is 10.6 Å². The number of hydrogen-bond donors (Lipinski definition) is 3. The molecule has 0 aliphatic carbocycles. The number of hydrogen-bond acceptors (Lipinski definition) is 4. The maximum Gasteiger partial charge on any atom is 0.320 e. The van der Waals surface area contributed by atoms with Crippen LogP contribution < -0.4 is 10.6 Å². The van der Waals surface area contributed by atoms with Crippen LogP contribution >= 0.6 is 11.6 Å². The zero-order valence-electron chi connectivity index (χ0n) is 13.7. The van der Waals surface area contributed by atoms with Gasteiger partial charge in [0, 0.05) is 31.6 Å². The smallest absolute Gasteiger partial charge is 0.320 e. The molecule has 0 saturated carbocycles. The number of halogens is 1. The van der Waals surface area contributed by atoms with Crippen LogP contribution in [0.4, 0.5) is 0 Å². The first kappa shape index (κ1) is 19.9. The first-order valence-corrected chi connectivity index (χ1v) is 7.90. The molecule has 0 spiro atoms. The zero-order valence-corrected chi connectivity index (χ0v) is 14.5. The van der Waals surface area contributed by atoms with E-state index < -0.39 is 12.0 Å². The Bertz CT molecular complexity index is 577. The van der Waals surface area contributed by atoms with Crippen LogP contribution in [0.3, 0.4) is 0 Å². The molecular weight excluding hydrogens is 334 g/mol. The number of carboxylic acids is 1. The Morgan fingerprint density at radius 2 is 1.83 bits per heavy atom. The Hall–Kier alpha value is -2.12. The van der Waals surface area contributed by atoms with Crippen molar-refractivity contribution in [2.45, 2.75) is 26.4 Å². The maximum absolute atomic E-state index is 12.1. The van der Waals surface area contributed by atoms with Crippen molar-refractivity contribution in [2.75, 3.05) is 19.6 Å². The van der Waals surface area contributed by atoms with Crippen LogP contribution in [-0.4, -0.2) is 53.5 Å². The minimum absolute atomic E-state index is 0.0688. The summed E-state index contributed by atoms with van der Waals surface area (Å²) in [4.78, 5) is 35.6. The number of aliphatic carboxylic acids is 1. The summed E-state index contributed by atoms with van der Waals surface area (Å²) in [5, 5.41) is 15.1. The molecule has 0 bridgehead atoms. The lowest BCUT2D eigenvalue weighted by atomic mass is 10.2. The Morgan fingerprint density at radius 3 is 2.38 bits per heavy atom. The van der Waals surface area contributed by atoms with E-state index >= 15 is 0 Å². The predicted molar refractivity (Wildman–Crippen MR) is 90.7 cm³/mol. The van der Waals surface area contributed by atoms with Gasteiger partial charge in [0.05, 0.1) is 6.54 Å². The molecule has 8 heteroatoms. The Kier molecular flexibility index (Phi) is 8.21. The lowest BCUT2D eigenvalue weighted by molar-refractivity contribution is -0.143. The summed E-state index contributed by atoms with van der Waals surface area (Å²) < 4.78 is 0. The molecule has 0 heterocycles. The molecule has 0 radical (unpaired) electrons. The largest absolute Gasteiger partial charge is 0.480 e. The van der Waals surface area contributed by atoms with Crippen molar-refractivity contribution in [1.82, 2.24) is 15.5 Å². The molecule has 1 rings (SSSR count). The van der Waals surface area contributed by atoms with E-state index in [9.17, 15) is 14.4 Å². The summed E-state index contributed by atoms with van der Waals surface area (Å²) in [5.74, 6) is -1.52. The van der Waals surface area contributed by atoms with E-state index in [1.54, 1.807) is 24.3 Å². The van der Waals surface area contributed by atoms with E-state index in [1.165, 1.54) is 18.7 Å². The minimum Gasteiger partial charge on any atom is -0.480 e. The van der Waals surface area contributed by atoms with E-state index in [0.29, 0.717) is 11.6 Å². The second-order valence-corrected chi connectivity index (χ2v) is 5.81. The first-order chi connectivity index (χ1) is 11.3. The SMILES string of the molecule is CC(=O)NCCN(CC(=O)NCc1ccc(Cl)cc1)C(C)C(=O)O. The second kappa shape index (κ2) is 9.89. The maximum atomic E-state index is 12.1. The molecule has 3 N–H and O–H groups in total. The van der Waals surface area contributed by atoms with Crippen LogP contribution in [0.15, 0.2) is 24.3 Å². The van der Waals surface area contributed by atoms with Gasteiger partial charge in [-0.15, -0.1) is 0 Å². The van der Waals surface area contributed by atoms with Crippen LogP contribution in [0, 0.1) is 0 Å². The van der Waals surface area contributed by atoms with Crippen LogP contribution in [0.5, 0.6) is 0 Å². The molecular formula is C16H22ClN3O4. The number of nitrogens with one attached hydrogen (secondary N) is 2. The molecule has 7 nitrogen and oxygen atoms in total. The summed E-state index contributed by atoms with van der Waals surface area (Å²) in [5.41, 5.74) is 0.892. The van der Waals surface area contributed by atoms with Crippen molar-refractivity contribution in [3.63, 3.8) is 0 Å². The van der Waals surface area contributed by atoms with Gasteiger partial charge in [-0.2, -0.15) is 0 Å². The molecule has 1 unspecified atom stereocenters. The standard InChI is InChI=1S/C16H22ClN3O4/c1-11(16(23)24)20(8-7-18-12(2)21)10-15(22)19-9-13-3-5-14(17)6-4-13/h3-6,11H,7-10H2,1-2H3,(H,18,21)(H,19,22)(H,23,24). The Labute approximate surface area is 146 Å².